The van der Waals surface area contributed by atoms with Crippen LogP contribution in [0, 0.1) is 5.92 Å². The van der Waals surface area contributed by atoms with Crippen molar-refractivity contribution in [2.75, 3.05) is 12.4 Å². The minimum atomic E-state index is -0.800. The number of ether oxygens (including phenoxy) is 1. The smallest absolute Gasteiger partial charge is 0.314 e. The van der Waals surface area contributed by atoms with Crippen molar-refractivity contribution >= 4 is 17.6 Å². The predicted octanol–water partition coefficient (Wildman–Crippen LogP) is 5.31. The maximum Gasteiger partial charge on any atom is 0.314 e. The minimum absolute atomic E-state index is 0.114. The highest BCUT2D eigenvalue weighted by molar-refractivity contribution is 5.86. The van der Waals surface area contributed by atoms with Crippen LogP contribution in [-0.2, 0) is 28.6 Å². The fourth-order valence-corrected chi connectivity index (χ4v) is 5.00. The van der Waals surface area contributed by atoms with Gasteiger partial charge in [-0.25, -0.2) is 4.98 Å². The lowest BCUT2D eigenvalue weighted by molar-refractivity contribution is -0.140. The number of carboxylic acid groups (broad SMARTS) is 1. The molecule has 0 bridgehead atoms. The molecule has 2 N–H and O–H groups in total. The van der Waals surface area contributed by atoms with Crippen LogP contribution in [0.1, 0.15) is 49.9 Å². The van der Waals surface area contributed by atoms with Gasteiger partial charge >= 0.3 is 5.97 Å². The first-order chi connectivity index (χ1) is 18.2. The zero-order valence-corrected chi connectivity index (χ0v) is 22.3. The van der Waals surface area contributed by atoms with Gasteiger partial charge in [0, 0.05) is 32.1 Å². The Kier molecular flexibility index (Phi) is 6.71. The number of aromatic nitrogens is 5. The third kappa shape index (κ3) is 4.54. The zero-order valence-electron chi connectivity index (χ0n) is 22.3. The Labute approximate surface area is 221 Å². The van der Waals surface area contributed by atoms with Crippen LogP contribution in [0.15, 0.2) is 55.1 Å². The largest absolute Gasteiger partial charge is 0.481 e. The van der Waals surface area contributed by atoms with Gasteiger partial charge in [-0.1, -0.05) is 45.0 Å². The van der Waals surface area contributed by atoms with Gasteiger partial charge in [-0.15, -0.1) is 0 Å². The van der Waals surface area contributed by atoms with Gasteiger partial charge in [-0.2, -0.15) is 5.10 Å². The summed E-state index contributed by atoms with van der Waals surface area (Å²) in [6.45, 7) is 6.52. The van der Waals surface area contributed by atoms with Gasteiger partial charge in [-0.3, -0.25) is 19.4 Å². The van der Waals surface area contributed by atoms with E-state index in [1.165, 1.54) is 0 Å². The summed E-state index contributed by atoms with van der Waals surface area (Å²) in [6, 6.07) is 9.85. The highest BCUT2D eigenvalue weighted by atomic mass is 16.5. The molecule has 9 heteroatoms. The van der Waals surface area contributed by atoms with Crippen LogP contribution < -0.4 is 5.32 Å². The van der Waals surface area contributed by atoms with E-state index in [0.717, 1.165) is 45.0 Å². The Morgan fingerprint density at radius 1 is 1.18 bits per heavy atom. The molecule has 1 aliphatic rings. The summed E-state index contributed by atoms with van der Waals surface area (Å²) < 4.78 is 7.21. The van der Waals surface area contributed by atoms with E-state index >= 15 is 0 Å². The maximum absolute atomic E-state index is 12.0. The number of carboxylic acids is 1. The number of carbonyl (C=O) groups is 1. The Bertz CT molecular complexity index is 1480. The zero-order chi connectivity index (χ0) is 27.0. The van der Waals surface area contributed by atoms with Gasteiger partial charge in [-0.05, 0) is 41.0 Å². The van der Waals surface area contributed by atoms with Crippen molar-refractivity contribution in [3.05, 3.63) is 71.9 Å². The SMILES string of the molecule is COCc1cc(C2(C(=O)O)CC2C)ccc1-c1ccc(-c2cnn(C)c2Nc2cncc(C(C)C)n2)nc1. The molecule has 2 atom stereocenters. The van der Waals surface area contributed by atoms with Gasteiger partial charge in [0.05, 0.1) is 41.4 Å². The summed E-state index contributed by atoms with van der Waals surface area (Å²) in [7, 11) is 3.51. The Morgan fingerprint density at radius 3 is 2.61 bits per heavy atom. The van der Waals surface area contributed by atoms with Crippen molar-refractivity contribution in [1.29, 1.82) is 0 Å². The minimum Gasteiger partial charge on any atom is -0.481 e. The molecule has 4 aromatic rings. The molecule has 0 spiro atoms. The number of aliphatic carboxylic acids is 1. The van der Waals surface area contributed by atoms with Gasteiger partial charge in [0.15, 0.2) is 0 Å². The number of nitrogens with zero attached hydrogens (tertiary/aromatic N) is 5. The molecule has 0 amide bonds. The molecular formula is C29H32N6O3. The van der Waals surface area contributed by atoms with Crippen LogP contribution in [0.5, 0.6) is 0 Å². The molecule has 38 heavy (non-hydrogen) atoms. The highest BCUT2D eigenvalue weighted by Crippen LogP contribution is 2.54. The van der Waals surface area contributed by atoms with Crippen LogP contribution in [0.2, 0.25) is 0 Å². The second-order valence-corrected chi connectivity index (χ2v) is 10.3. The molecular weight excluding hydrogens is 480 g/mol. The third-order valence-corrected chi connectivity index (χ3v) is 7.39. The number of anilines is 2. The number of rotatable bonds is 9. The number of nitrogens with one attached hydrogen (secondary N) is 1. The van der Waals surface area contributed by atoms with Crippen molar-refractivity contribution in [2.45, 2.75) is 45.1 Å². The van der Waals surface area contributed by atoms with E-state index in [2.05, 4.69) is 34.2 Å². The van der Waals surface area contributed by atoms with Crippen molar-refractivity contribution in [3.8, 4) is 22.4 Å². The average Bonchev–Trinajstić information content (AvgIpc) is 3.48. The molecule has 3 aromatic heterocycles. The van der Waals surface area contributed by atoms with Gasteiger partial charge < -0.3 is 15.2 Å². The first-order valence-corrected chi connectivity index (χ1v) is 12.7. The van der Waals surface area contributed by atoms with Crippen molar-refractivity contribution in [3.63, 3.8) is 0 Å². The van der Waals surface area contributed by atoms with Crippen LogP contribution in [0.3, 0.4) is 0 Å². The molecule has 0 radical (unpaired) electrons. The first-order valence-electron chi connectivity index (χ1n) is 12.7. The predicted molar refractivity (Wildman–Crippen MR) is 145 cm³/mol. The topological polar surface area (TPSA) is 115 Å². The molecule has 1 aromatic carbocycles. The van der Waals surface area contributed by atoms with Crippen LogP contribution in [0.4, 0.5) is 11.6 Å². The second kappa shape index (κ2) is 9.98. The van der Waals surface area contributed by atoms with Gasteiger partial charge in [0.25, 0.3) is 0 Å². The molecule has 1 fully saturated rings. The lowest BCUT2D eigenvalue weighted by Gasteiger charge is -2.16. The third-order valence-electron chi connectivity index (χ3n) is 7.39. The second-order valence-electron chi connectivity index (χ2n) is 10.3. The lowest BCUT2D eigenvalue weighted by Crippen LogP contribution is -2.22. The molecule has 0 aliphatic heterocycles. The summed E-state index contributed by atoms with van der Waals surface area (Å²) in [5.41, 5.74) is 5.37. The molecule has 3 heterocycles. The van der Waals surface area contributed by atoms with Crippen LogP contribution >= 0.6 is 0 Å². The van der Waals surface area contributed by atoms with Gasteiger partial charge in [0.2, 0.25) is 0 Å². The first kappa shape index (κ1) is 25.5. The van der Waals surface area contributed by atoms with Crippen molar-refractivity contribution in [1.82, 2.24) is 24.7 Å². The summed E-state index contributed by atoms with van der Waals surface area (Å²) in [5, 5.41) is 17.6. The van der Waals surface area contributed by atoms with Crippen molar-refractivity contribution < 1.29 is 14.6 Å². The van der Waals surface area contributed by atoms with E-state index in [0.29, 0.717) is 18.8 Å². The van der Waals surface area contributed by atoms with Gasteiger partial charge in [0.1, 0.15) is 11.6 Å². The monoisotopic (exact) mass is 512 g/mol. The number of pyridine rings is 1. The summed E-state index contributed by atoms with van der Waals surface area (Å²) in [4.78, 5) is 25.7. The van der Waals surface area contributed by atoms with E-state index in [1.807, 2.05) is 50.5 Å². The molecule has 1 saturated carbocycles. The Morgan fingerprint density at radius 2 is 1.97 bits per heavy atom. The van der Waals surface area contributed by atoms with E-state index < -0.39 is 11.4 Å². The molecule has 9 nitrogen and oxygen atoms in total. The van der Waals surface area contributed by atoms with Crippen molar-refractivity contribution in [2.24, 2.45) is 13.0 Å². The molecule has 0 saturated heterocycles. The number of hydrogen-bond donors (Lipinski definition) is 2. The Balaban J connectivity index is 1.45. The molecule has 196 valence electrons. The van der Waals surface area contributed by atoms with E-state index in [1.54, 1.807) is 30.4 Å². The average molecular weight is 513 g/mol. The summed E-state index contributed by atoms with van der Waals surface area (Å²) in [6.07, 6.45) is 7.72. The highest BCUT2D eigenvalue weighted by Gasteiger charge is 2.59. The standard InChI is InChI=1S/C29H32N6O3/c1-17(2)25-14-30-15-26(33-25)34-27-23(13-32-35(27)4)24-9-6-19(12-31-24)22-8-7-21(10-20(22)16-38-5)29(28(36)37)11-18(29)3/h6-10,12-15,17-18H,11,16H2,1-5H3,(H,33,34)(H,36,37). The number of hydrogen-bond acceptors (Lipinski definition) is 7. The van der Waals surface area contributed by atoms with Crippen LogP contribution in [-0.4, -0.2) is 42.9 Å². The maximum atomic E-state index is 12.0. The van der Waals surface area contributed by atoms with Crippen LogP contribution in [0.25, 0.3) is 22.4 Å². The number of methoxy groups -OCH3 is 1. The number of benzene rings is 1. The quantitative estimate of drug-likeness (QED) is 0.310. The normalized spacial score (nSPS) is 18.5. The fraction of sp³-hybridized carbons (Fsp3) is 0.345. The molecule has 5 rings (SSSR count). The Hall–Kier alpha value is -4.11. The fourth-order valence-electron chi connectivity index (χ4n) is 5.00. The summed E-state index contributed by atoms with van der Waals surface area (Å²) in [5.74, 6) is 1.02. The molecule has 2 unspecified atom stereocenters. The summed E-state index contributed by atoms with van der Waals surface area (Å²) >= 11 is 0. The number of aryl methyl sites for hydroxylation is 1. The molecule has 1 aliphatic carbocycles. The lowest BCUT2D eigenvalue weighted by atomic mass is 9.89. The van der Waals surface area contributed by atoms with E-state index in [9.17, 15) is 9.90 Å². The van der Waals surface area contributed by atoms with E-state index in [-0.39, 0.29) is 11.8 Å². The van der Waals surface area contributed by atoms with E-state index in [4.69, 9.17) is 9.72 Å².